The minimum absolute atomic E-state index is 0.187. The summed E-state index contributed by atoms with van der Waals surface area (Å²) in [6, 6.07) is 6.26. The lowest BCUT2D eigenvalue weighted by molar-refractivity contribution is -0.142. The van der Waals surface area contributed by atoms with E-state index in [1.807, 2.05) is 0 Å². The maximum Gasteiger partial charge on any atom is 0.317 e. The first-order valence-corrected chi connectivity index (χ1v) is 4.67. The molecule has 1 heterocycles. The Kier molecular flexibility index (Phi) is 1.34. The number of esters is 1. The molecular weight excluding hydrogens is 183 g/mol. The monoisotopic (exact) mass is 192 g/mol. The van der Waals surface area contributed by atoms with Crippen molar-refractivity contribution in [3.05, 3.63) is 35.6 Å². The maximum absolute atomic E-state index is 13.0. The second-order valence-electron chi connectivity index (χ2n) is 3.98. The van der Waals surface area contributed by atoms with E-state index in [1.54, 1.807) is 12.1 Å². The normalized spacial score (nSPS) is 33.8. The molecule has 0 spiro atoms. The minimum atomic E-state index is -0.498. The Morgan fingerprint density at radius 1 is 1.50 bits per heavy atom. The van der Waals surface area contributed by atoms with E-state index in [4.69, 9.17) is 4.74 Å². The molecule has 72 valence electrons. The summed E-state index contributed by atoms with van der Waals surface area (Å²) in [7, 11) is 0. The van der Waals surface area contributed by atoms with Crippen LogP contribution in [-0.2, 0) is 14.9 Å². The predicted octanol–water partition coefficient (Wildman–Crippen LogP) is 1.64. The summed E-state index contributed by atoms with van der Waals surface area (Å²) < 4.78 is 17.9. The summed E-state index contributed by atoms with van der Waals surface area (Å²) in [4.78, 5) is 11.5. The van der Waals surface area contributed by atoms with Crippen LogP contribution in [0.4, 0.5) is 4.39 Å². The van der Waals surface area contributed by atoms with E-state index in [0.717, 1.165) is 12.0 Å². The fourth-order valence-corrected chi connectivity index (χ4v) is 2.32. The molecule has 0 bridgehead atoms. The van der Waals surface area contributed by atoms with Crippen LogP contribution in [0.25, 0.3) is 0 Å². The number of carbonyl (C=O) groups excluding carboxylic acids is 1. The first-order valence-electron chi connectivity index (χ1n) is 4.67. The van der Waals surface area contributed by atoms with Gasteiger partial charge in [-0.25, -0.2) is 4.39 Å². The fourth-order valence-electron chi connectivity index (χ4n) is 2.32. The van der Waals surface area contributed by atoms with Crippen molar-refractivity contribution in [2.45, 2.75) is 11.8 Å². The molecule has 2 fully saturated rings. The summed E-state index contributed by atoms with van der Waals surface area (Å²) in [5.74, 6) is -0.202. The first kappa shape index (κ1) is 7.97. The zero-order chi connectivity index (χ0) is 9.76. The van der Waals surface area contributed by atoms with E-state index < -0.39 is 5.41 Å². The lowest BCUT2D eigenvalue weighted by atomic mass is 9.95. The second-order valence-corrected chi connectivity index (χ2v) is 3.98. The first-order chi connectivity index (χ1) is 6.73. The molecule has 3 heteroatoms. The van der Waals surface area contributed by atoms with Crippen molar-refractivity contribution in [3.63, 3.8) is 0 Å². The minimum Gasteiger partial charge on any atom is -0.465 e. The van der Waals surface area contributed by atoms with Crippen LogP contribution in [0.2, 0.25) is 0 Å². The molecule has 0 amide bonds. The van der Waals surface area contributed by atoms with Gasteiger partial charge in [-0.05, 0) is 24.1 Å². The number of benzene rings is 1. The molecule has 3 rings (SSSR count). The number of ether oxygens (including phenoxy) is 1. The van der Waals surface area contributed by atoms with E-state index in [0.29, 0.717) is 6.61 Å². The Labute approximate surface area is 80.7 Å². The van der Waals surface area contributed by atoms with E-state index in [9.17, 15) is 9.18 Å². The third kappa shape index (κ3) is 0.820. The molecule has 1 saturated heterocycles. The van der Waals surface area contributed by atoms with Crippen molar-refractivity contribution >= 4 is 5.97 Å². The Balaban J connectivity index is 2.08. The van der Waals surface area contributed by atoms with Crippen molar-refractivity contribution in [1.82, 2.24) is 0 Å². The van der Waals surface area contributed by atoms with Gasteiger partial charge in [-0.3, -0.25) is 4.79 Å². The van der Waals surface area contributed by atoms with Crippen molar-refractivity contribution < 1.29 is 13.9 Å². The van der Waals surface area contributed by atoms with E-state index in [1.165, 1.54) is 12.1 Å². The van der Waals surface area contributed by atoms with Gasteiger partial charge >= 0.3 is 5.97 Å². The predicted molar refractivity (Wildman–Crippen MR) is 47.1 cm³/mol. The van der Waals surface area contributed by atoms with Crippen LogP contribution in [0.1, 0.15) is 12.0 Å². The van der Waals surface area contributed by atoms with E-state index in [2.05, 4.69) is 0 Å². The van der Waals surface area contributed by atoms with Crippen LogP contribution in [0.15, 0.2) is 24.3 Å². The topological polar surface area (TPSA) is 26.3 Å². The smallest absolute Gasteiger partial charge is 0.317 e. The molecule has 0 radical (unpaired) electrons. The summed E-state index contributed by atoms with van der Waals surface area (Å²) in [5, 5.41) is 0. The van der Waals surface area contributed by atoms with Gasteiger partial charge < -0.3 is 4.74 Å². The molecule has 0 aromatic heterocycles. The Bertz CT molecular complexity index is 416. The van der Waals surface area contributed by atoms with Crippen LogP contribution >= 0.6 is 0 Å². The molecule has 2 nitrogen and oxygen atoms in total. The van der Waals surface area contributed by atoms with Gasteiger partial charge in [0.15, 0.2) is 0 Å². The Morgan fingerprint density at radius 3 is 2.93 bits per heavy atom. The zero-order valence-electron chi connectivity index (χ0n) is 7.50. The average molecular weight is 192 g/mol. The number of fused-ring (bicyclic) bond motifs is 1. The van der Waals surface area contributed by atoms with Gasteiger partial charge in [-0.15, -0.1) is 0 Å². The second kappa shape index (κ2) is 2.35. The molecule has 2 atom stereocenters. The van der Waals surface area contributed by atoms with Gasteiger partial charge in [0.25, 0.3) is 0 Å². The van der Waals surface area contributed by atoms with Crippen LogP contribution in [0.5, 0.6) is 0 Å². The zero-order valence-corrected chi connectivity index (χ0v) is 7.50. The van der Waals surface area contributed by atoms with Crippen molar-refractivity contribution in [2.24, 2.45) is 5.92 Å². The summed E-state index contributed by atoms with van der Waals surface area (Å²) in [6.45, 7) is 0.495. The fraction of sp³-hybridized carbons (Fsp3) is 0.364. The van der Waals surface area contributed by atoms with Crippen LogP contribution in [0.3, 0.4) is 0 Å². The van der Waals surface area contributed by atoms with E-state index in [-0.39, 0.29) is 17.7 Å². The third-order valence-corrected chi connectivity index (χ3v) is 3.22. The number of carbonyl (C=O) groups is 1. The largest absolute Gasteiger partial charge is 0.465 e. The van der Waals surface area contributed by atoms with E-state index >= 15 is 0 Å². The lowest BCUT2D eigenvalue weighted by Crippen LogP contribution is -2.18. The number of cyclic esters (lactones) is 1. The molecule has 1 aromatic carbocycles. The van der Waals surface area contributed by atoms with Gasteiger partial charge in [-0.1, -0.05) is 12.1 Å². The van der Waals surface area contributed by atoms with Gasteiger partial charge in [0.1, 0.15) is 5.82 Å². The molecule has 1 aliphatic heterocycles. The van der Waals surface area contributed by atoms with Crippen molar-refractivity contribution in [2.75, 3.05) is 6.61 Å². The molecule has 0 N–H and O–H groups in total. The Morgan fingerprint density at radius 2 is 2.36 bits per heavy atom. The van der Waals surface area contributed by atoms with Crippen molar-refractivity contribution in [1.29, 1.82) is 0 Å². The molecule has 14 heavy (non-hydrogen) atoms. The Hall–Kier alpha value is -1.38. The average Bonchev–Trinajstić information content (AvgIpc) is 2.83. The lowest BCUT2D eigenvalue weighted by Gasteiger charge is -2.08. The molecule has 2 aliphatic rings. The van der Waals surface area contributed by atoms with Crippen LogP contribution < -0.4 is 0 Å². The number of rotatable bonds is 1. The molecule has 1 aromatic rings. The summed E-state index contributed by atoms with van der Waals surface area (Å²) >= 11 is 0. The highest BCUT2D eigenvalue weighted by Crippen LogP contribution is 2.58. The van der Waals surface area contributed by atoms with Gasteiger partial charge in [0, 0.05) is 5.92 Å². The molecule has 1 unspecified atom stereocenters. The van der Waals surface area contributed by atoms with Crippen LogP contribution in [0, 0.1) is 11.7 Å². The summed E-state index contributed by atoms with van der Waals surface area (Å²) in [6.07, 6.45) is 0.815. The van der Waals surface area contributed by atoms with Crippen molar-refractivity contribution in [3.8, 4) is 0 Å². The molecule has 1 saturated carbocycles. The number of hydrogen-bond donors (Lipinski definition) is 0. The maximum atomic E-state index is 13.0. The highest BCUT2D eigenvalue weighted by molar-refractivity contribution is 5.89. The van der Waals surface area contributed by atoms with Crippen LogP contribution in [-0.4, -0.2) is 12.6 Å². The van der Waals surface area contributed by atoms with Gasteiger partial charge in [0.05, 0.1) is 12.0 Å². The van der Waals surface area contributed by atoms with Gasteiger partial charge in [0.2, 0.25) is 0 Å². The third-order valence-electron chi connectivity index (χ3n) is 3.22. The molecular formula is C11H9FO2. The molecule has 1 aliphatic carbocycles. The van der Waals surface area contributed by atoms with Gasteiger partial charge in [-0.2, -0.15) is 0 Å². The highest BCUT2D eigenvalue weighted by atomic mass is 19.1. The standard InChI is InChI=1S/C11H9FO2/c12-9-3-1-2-7(4-9)11-5-8(11)6-14-10(11)13/h1-4,8H,5-6H2/t8?,11-/m1/s1. The number of hydrogen-bond acceptors (Lipinski definition) is 2. The highest BCUT2D eigenvalue weighted by Gasteiger charge is 2.66. The quantitative estimate of drug-likeness (QED) is 0.632. The summed E-state index contributed by atoms with van der Waals surface area (Å²) in [5.41, 5.74) is 0.271. The number of halogens is 1. The SMILES string of the molecule is O=C1OCC2C[C@]12c1cccc(F)c1.